The topological polar surface area (TPSA) is 78.4 Å². The molecule has 2 aromatic rings. The number of ether oxygens (including phenoxy) is 1. The number of nitro benzene ring substituents is 1. The lowest BCUT2D eigenvalue weighted by atomic mass is 10.1. The first kappa shape index (κ1) is 15.8. The van der Waals surface area contributed by atoms with Gasteiger partial charge in [0.1, 0.15) is 5.75 Å². The molecular weight excluding hydrogens is 360 g/mol. The zero-order chi connectivity index (χ0) is 15.6. The van der Waals surface area contributed by atoms with Crippen molar-refractivity contribution >= 4 is 33.2 Å². The zero-order valence-corrected chi connectivity index (χ0v) is 13.4. The Morgan fingerprint density at radius 2 is 2.10 bits per heavy atom. The fraction of sp³-hybridized carbons (Fsp3) is 0.143. The molecule has 2 N–H and O–H groups in total. The maximum atomic E-state index is 11.0. The molecule has 1 atom stereocenters. The lowest BCUT2D eigenvalue weighted by Crippen LogP contribution is -2.05. The highest BCUT2D eigenvalue weighted by atomic mass is 79.9. The van der Waals surface area contributed by atoms with Crippen molar-refractivity contribution in [2.24, 2.45) is 5.73 Å². The summed E-state index contributed by atoms with van der Waals surface area (Å²) in [6.45, 7) is 1.86. The highest BCUT2D eigenvalue weighted by Gasteiger charge is 2.19. The molecule has 0 heterocycles. The number of para-hydroxylation sites is 1. The normalized spacial score (nSPS) is 12.0. The Bertz CT molecular complexity index is 692. The highest BCUT2D eigenvalue weighted by Crippen LogP contribution is 2.38. The summed E-state index contributed by atoms with van der Waals surface area (Å²) in [5.74, 6) is 0.451. The van der Waals surface area contributed by atoms with Crippen LogP contribution < -0.4 is 10.5 Å². The summed E-state index contributed by atoms with van der Waals surface area (Å²) in [6.07, 6.45) is 0. The van der Waals surface area contributed by atoms with Crippen molar-refractivity contribution in [3.8, 4) is 11.5 Å². The second-order valence-corrected chi connectivity index (χ2v) is 5.68. The number of hydrogen-bond acceptors (Lipinski definition) is 4. The Hall–Kier alpha value is -1.63. The van der Waals surface area contributed by atoms with Crippen molar-refractivity contribution in [1.82, 2.24) is 0 Å². The first-order valence-corrected chi connectivity index (χ1v) is 7.23. The quantitative estimate of drug-likeness (QED) is 0.617. The second kappa shape index (κ2) is 6.43. The molecule has 0 bridgehead atoms. The van der Waals surface area contributed by atoms with E-state index in [2.05, 4.69) is 15.9 Å². The Labute approximate surface area is 134 Å². The van der Waals surface area contributed by atoms with Gasteiger partial charge in [-0.3, -0.25) is 10.1 Å². The molecule has 0 aliphatic rings. The van der Waals surface area contributed by atoms with Crippen LogP contribution in [0, 0.1) is 10.1 Å². The molecule has 0 spiro atoms. The van der Waals surface area contributed by atoms with Gasteiger partial charge < -0.3 is 10.5 Å². The monoisotopic (exact) mass is 370 g/mol. The molecule has 7 heteroatoms. The van der Waals surface area contributed by atoms with E-state index in [1.165, 1.54) is 18.2 Å². The van der Waals surface area contributed by atoms with Crippen LogP contribution >= 0.6 is 27.5 Å². The van der Waals surface area contributed by atoms with E-state index in [9.17, 15) is 10.1 Å². The van der Waals surface area contributed by atoms with Crippen LogP contribution in [0.2, 0.25) is 5.02 Å². The van der Waals surface area contributed by atoms with Gasteiger partial charge >= 0.3 is 5.69 Å². The van der Waals surface area contributed by atoms with Crippen LogP contribution in [0.1, 0.15) is 18.5 Å². The van der Waals surface area contributed by atoms with Gasteiger partial charge in [0.25, 0.3) is 0 Å². The lowest BCUT2D eigenvalue weighted by molar-refractivity contribution is -0.385. The predicted molar refractivity (Wildman–Crippen MR) is 84.9 cm³/mol. The zero-order valence-electron chi connectivity index (χ0n) is 11.0. The number of hydrogen-bond donors (Lipinski definition) is 1. The number of nitrogens with two attached hydrogens (primary N) is 1. The van der Waals surface area contributed by atoms with Gasteiger partial charge in [-0.2, -0.15) is 0 Å². The first-order chi connectivity index (χ1) is 9.90. The fourth-order valence-corrected chi connectivity index (χ4v) is 2.73. The Morgan fingerprint density at radius 3 is 2.67 bits per heavy atom. The molecule has 5 nitrogen and oxygen atoms in total. The largest absolute Gasteiger partial charge is 0.448 e. The van der Waals surface area contributed by atoms with Crippen LogP contribution in [-0.2, 0) is 0 Å². The maximum absolute atomic E-state index is 11.0. The molecule has 0 aliphatic carbocycles. The van der Waals surface area contributed by atoms with Gasteiger partial charge in [0, 0.05) is 16.6 Å². The number of nitrogens with zero attached hydrogens (tertiary/aromatic N) is 1. The van der Waals surface area contributed by atoms with E-state index in [0.29, 0.717) is 5.75 Å². The standard InChI is InChI=1S/C14H12BrClN2O3/c1-8(17)10-6-5-9(7-11(10)15)21-14-12(16)3-2-4-13(14)18(19)20/h2-8H,17H2,1H3. The molecule has 0 radical (unpaired) electrons. The van der Waals surface area contributed by atoms with Crippen molar-refractivity contribution in [2.45, 2.75) is 13.0 Å². The summed E-state index contributed by atoms with van der Waals surface area (Å²) in [4.78, 5) is 10.5. The fourth-order valence-electron chi connectivity index (χ4n) is 1.80. The minimum atomic E-state index is -0.535. The van der Waals surface area contributed by atoms with E-state index >= 15 is 0 Å². The summed E-state index contributed by atoms with van der Waals surface area (Å²) < 4.78 is 6.34. The summed E-state index contributed by atoms with van der Waals surface area (Å²) in [6, 6.07) is 9.43. The van der Waals surface area contributed by atoms with Crippen LogP contribution in [-0.4, -0.2) is 4.92 Å². The van der Waals surface area contributed by atoms with E-state index in [4.69, 9.17) is 22.1 Å². The second-order valence-electron chi connectivity index (χ2n) is 4.42. The Balaban J connectivity index is 2.39. The van der Waals surface area contributed by atoms with Gasteiger partial charge in [-0.1, -0.05) is 39.7 Å². The SMILES string of the molecule is CC(N)c1ccc(Oc2c(Cl)cccc2[N+](=O)[O-])cc1Br. The maximum Gasteiger partial charge on any atom is 0.313 e. The van der Waals surface area contributed by atoms with Gasteiger partial charge in [-0.15, -0.1) is 0 Å². The molecule has 110 valence electrons. The van der Waals surface area contributed by atoms with E-state index in [1.54, 1.807) is 18.2 Å². The average Bonchev–Trinajstić information content (AvgIpc) is 2.40. The predicted octanol–water partition coefficient (Wildman–Crippen LogP) is 4.82. The van der Waals surface area contributed by atoms with E-state index in [-0.39, 0.29) is 22.5 Å². The van der Waals surface area contributed by atoms with E-state index < -0.39 is 4.92 Å². The summed E-state index contributed by atoms with van der Waals surface area (Å²) >= 11 is 9.38. The summed E-state index contributed by atoms with van der Waals surface area (Å²) in [7, 11) is 0. The Kier molecular flexibility index (Phi) is 4.82. The number of halogens is 2. The molecule has 0 amide bonds. The van der Waals surface area contributed by atoms with Gasteiger partial charge in [-0.05, 0) is 30.7 Å². The smallest absolute Gasteiger partial charge is 0.313 e. The lowest BCUT2D eigenvalue weighted by Gasteiger charge is -2.12. The van der Waals surface area contributed by atoms with Crippen molar-refractivity contribution in [1.29, 1.82) is 0 Å². The Morgan fingerprint density at radius 1 is 1.38 bits per heavy atom. The van der Waals surface area contributed by atoms with Crippen LogP contribution in [0.3, 0.4) is 0 Å². The third kappa shape index (κ3) is 3.53. The molecule has 0 aromatic heterocycles. The highest BCUT2D eigenvalue weighted by molar-refractivity contribution is 9.10. The van der Waals surface area contributed by atoms with E-state index in [0.717, 1.165) is 10.0 Å². The molecular formula is C14H12BrClN2O3. The van der Waals surface area contributed by atoms with Crippen LogP contribution in [0.5, 0.6) is 11.5 Å². The molecule has 2 rings (SSSR count). The first-order valence-electron chi connectivity index (χ1n) is 6.06. The molecule has 21 heavy (non-hydrogen) atoms. The van der Waals surface area contributed by atoms with Crippen molar-refractivity contribution in [3.63, 3.8) is 0 Å². The molecule has 0 aliphatic heterocycles. The molecule has 1 unspecified atom stereocenters. The molecule has 0 saturated heterocycles. The number of nitro groups is 1. The number of rotatable bonds is 4. The van der Waals surface area contributed by atoms with Gasteiger partial charge in [0.15, 0.2) is 0 Å². The third-order valence-corrected chi connectivity index (χ3v) is 3.81. The van der Waals surface area contributed by atoms with E-state index in [1.807, 2.05) is 6.92 Å². The van der Waals surface area contributed by atoms with Crippen LogP contribution in [0.15, 0.2) is 40.9 Å². The third-order valence-electron chi connectivity index (χ3n) is 2.83. The molecule has 0 fully saturated rings. The van der Waals surface area contributed by atoms with Gasteiger partial charge in [0.05, 0.1) is 9.95 Å². The molecule has 0 saturated carbocycles. The summed E-state index contributed by atoms with van der Waals surface area (Å²) in [5, 5.41) is 11.2. The minimum absolute atomic E-state index is 0.0182. The van der Waals surface area contributed by atoms with Crippen LogP contribution in [0.4, 0.5) is 5.69 Å². The van der Waals surface area contributed by atoms with Gasteiger partial charge in [0.2, 0.25) is 5.75 Å². The van der Waals surface area contributed by atoms with Crippen LogP contribution in [0.25, 0.3) is 0 Å². The van der Waals surface area contributed by atoms with Crippen molar-refractivity contribution < 1.29 is 9.66 Å². The van der Waals surface area contributed by atoms with Crippen molar-refractivity contribution in [3.05, 3.63) is 61.6 Å². The van der Waals surface area contributed by atoms with Gasteiger partial charge in [-0.25, -0.2) is 0 Å². The number of benzene rings is 2. The average molecular weight is 372 g/mol. The molecule has 2 aromatic carbocycles. The summed E-state index contributed by atoms with van der Waals surface area (Å²) in [5.41, 5.74) is 6.55. The van der Waals surface area contributed by atoms with Crippen molar-refractivity contribution in [2.75, 3.05) is 0 Å². The minimum Gasteiger partial charge on any atom is -0.448 e.